The fourth-order valence-corrected chi connectivity index (χ4v) is 4.79. The van der Waals surface area contributed by atoms with Crippen LogP contribution < -0.4 is 11.1 Å². The minimum Gasteiger partial charge on any atom is -0.396 e. The first-order valence-corrected chi connectivity index (χ1v) is 13.3. The predicted molar refractivity (Wildman–Crippen MR) is 123 cm³/mol. The third-order valence-corrected chi connectivity index (χ3v) is 6.78. The van der Waals surface area contributed by atoms with Gasteiger partial charge in [-0.15, -0.1) is 21.2 Å². The van der Waals surface area contributed by atoms with E-state index < -0.39 is 19.4 Å². The van der Waals surface area contributed by atoms with Gasteiger partial charge in [0.25, 0.3) is 0 Å². The van der Waals surface area contributed by atoms with E-state index in [-0.39, 0.29) is 49.7 Å². The van der Waals surface area contributed by atoms with Gasteiger partial charge in [-0.25, -0.2) is 0 Å². The lowest BCUT2D eigenvalue weighted by Gasteiger charge is -2.14. The van der Waals surface area contributed by atoms with Gasteiger partial charge in [0.1, 0.15) is 6.61 Å². The number of primary amides is 1. The van der Waals surface area contributed by atoms with Gasteiger partial charge in [-0.05, 0) is 25.7 Å². The number of nitrogens with one attached hydrogen (secondary N) is 1. The van der Waals surface area contributed by atoms with Crippen molar-refractivity contribution in [3.63, 3.8) is 0 Å². The third kappa shape index (κ3) is 13.0. The van der Waals surface area contributed by atoms with Gasteiger partial charge in [0, 0.05) is 55.2 Å². The fourth-order valence-electron chi connectivity index (χ4n) is 3.32. The van der Waals surface area contributed by atoms with Gasteiger partial charge < -0.3 is 16.2 Å². The molecule has 11 nitrogen and oxygen atoms in total. The molecule has 1 aliphatic heterocycles. The number of thioether (sulfide) groups is 1. The molecule has 1 aliphatic rings. The molecule has 33 heavy (non-hydrogen) atoms. The van der Waals surface area contributed by atoms with Crippen LogP contribution in [0.4, 0.5) is 0 Å². The van der Waals surface area contributed by atoms with Crippen molar-refractivity contribution in [2.45, 2.75) is 63.0 Å². The second kappa shape index (κ2) is 16.9. The van der Waals surface area contributed by atoms with Crippen LogP contribution in [0.2, 0.25) is 0 Å². The van der Waals surface area contributed by atoms with Gasteiger partial charge in [0.15, 0.2) is 0 Å². The highest BCUT2D eigenvalue weighted by Crippen LogP contribution is 2.26. The molecule has 0 aromatic heterocycles. The molecular weight excluding hydrogens is 473 g/mol. The maximum Gasteiger partial charge on any atom is 0.694 e. The van der Waals surface area contributed by atoms with Crippen molar-refractivity contribution in [3.8, 4) is 0 Å². The standard InChI is InChI=1S/C20H34N3O8PS/c21-17(25)8-11-33-16-12-19(27)23(20(16)28)10-5-1-2-7-18(26)22-9-4-3-6-15(13-24)14-31-32(29)30/h15-16,24H,1-14H2,(H3-,21,22,25,26,29,30)/p+1. The molecule has 3 atom stereocenters. The molecule has 0 spiro atoms. The number of unbranched alkanes of at least 4 members (excludes halogenated alkanes) is 3. The molecular formula is C20H35N3O8PS+. The Morgan fingerprint density at radius 2 is 1.97 bits per heavy atom. The molecule has 1 saturated heterocycles. The summed E-state index contributed by atoms with van der Waals surface area (Å²) >= 11 is 1.29. The van der Waals surface area contributed by atoms with Gasteiger partial charge in [0.05, 0.1) is 5.25 Å². The summed E-state index contributed by atoms with van der Waals surface area (Å²) < 4.78 is 15.1. The van der Waals surface area contributed by atoms with E-state index in [1.807, 2.05) is 0 Å². The summed E-state index contributed by atoms with van der Waals surface area (Å²) in [5, 5.41) is 11.6. The molecule has 5 N–H and O–H groups in total. The zero-order valence-corrected chi connectivity index (χ0v) is 20.5. The Kier molecular flexibility index (Phi) is 15.1. The summed E-state index contributed by atoms with van der Waals surface area (Å²) in [5.41, 5.74) is 5.09. The minimum atomic E-state index is -2.66. The summed E-state index contributed by atoms with van der Waals surface area (Å²) in [5.74, 6) is -0.689. The maximum atomic E-state index is 12.3. The highest BCUT2D eigenvalue weighted by atomic mass is 32.2. The van der Waals surface area contributed by atoms with Crippen molar-refractivity contribution < 1.29 is 38.3 Å². The molecule has 1 rings (SSSR count). The van der Waals surface area contributed by atoms with Gasteiger partial charge >= 0.3 is 8.25 Å². The number of nitrogens with two attached hydrogens (primary N) is 1. The predicted octanol–water partition coefficient (Wildman–Crippen LogP) is 0.844. The van der Waals surface area contributed by atoms with E-state index in [4.69, 9.17) is 10.6 Å². The monoisotopic (exact) mass is 508 g/mol. The Balaban J connectivity index is 2.08. The quantitative estimate of drug-likeness (QED) is 0.112. The summed E-state index contributed by atoms with van der Waals surface area (Å²) in [6, 6.07) is 0. The van der Waals surface area contributed by atoms with Crippen LogP contribution in [0.25, 0.3) is 0 Å². The second-order valence-corrected chi connectivity index (χ2v) is 9.95. The Bertz CT molecular complexity index is 682. The molecule has 0 aliphatic carbocycles. The molecule has 0 bridgehead atoms. The minimum absolute atomic E-state index is 0.0258. The number of hydrogen-bond donors (Lipinski definition) is 4. The molecule has 1 heterocycles. The van der Waals surface area contributed by atoms with E-state index in [0.717, 1.165) is 19.3 Å². The zero-order valence-electron chi connectivity index (χ0n) is 18.8. The lowest BCUT2D eigenvalue weighted by atomic mass is 10.0. The molecule has 4 amide bonds. The molecule has 0 aromatic carbocycles. The highest BCUT2D eigenvalue weighted by molar-refractivity contribution is 8.00. The second-order valence-electron chi connectivity index (χ2n) is 7.90. The van der Waals surface area contributed by atoms with E-state index in [1.165, 1.54) is 16.7 Å². The SMILES string of the molecule is NC(=O)CCSC1CC(=O)N(CCCCCC(=O)NCCCCC(CO)CO[P+](=O)O)C1=O. The maximum absolute atomic E-state index is 12.3. The molecule has 0 saturated carbocycles. The number of aliphatic hydroxyl groups is 1. The Hall–Kier alpha value is -1.59. The highest BCUT2D eigenvalue weighted by Gasteiger charge is 2.38. The van der Waals surface area contributed by atoms with Crippen LogP contribution >= 0.6 is 20.0 Å². The molecule has 188 valence electrons. The summed E-state index contributed by atoms with van der Waals surface area (Å²) in [6.07, 6.45) is 4.81. The molecule has 3 unspecified atom stereocenters. The van der Waals surface area contributed by atoms with Crippen LogP contribution in [-0.2, 0) is 28.3 Å². The number of likely N-dealkylation sites (tertiary alicyclic amines) is 1. The Morgan fingerprint density at radius 3 is 2.64 bits per heavy atom. The molecule has 0 aromatic rings. The van der Waals surface area contributed by atoms with Crippen LogP contribution in [0.15, 0.2) is 0 Å². The largest absolute Gasteiger partial charge is 0.694 e. The lowest BCUT2D eigenvalue weighted by molar-refractivity contribution is -0.138. The van der Waals surface area contributed by atoms with Crippen molar-refractivity contribution >= 4 is 43.6 Å². The van der Waals surface area contributed by atoms with Crippen LogP contribution in [0.5, 0.6) is 0 Å². The summed E-state index contributed by atoms with van der Waals surface area (Å²) in [4.78, 5) is 57.0. The smallest absolute Gasteiger partial charge is 0.396 e. The fraction of sp³-hybridized carbons (Fsp3) is 0.800. The number of aliphatic hydroxyl groups excluding tert-OH is 1. The van der Waals surface area contributed by atoms with E-state index in [9.17, 15) is 28.8 Å². The number of rotatable bonds is 19. The number of carbonyl (C=O) groups excluding carboxylic acids is 4. The lowest BCUT2D eigenvalue weighted by Crippen LogP contribution is -2.32. The summed E-state index contributed by atoms with van der Waals surface area (Å²) in [6.45, 7) is 0.751. The van der Waals surface area contributed by atoms with Crippen LogP contribution in [-0.4, -0.2) is 75.8 Å². The molecule has 13 heteroatoms. The first-order valence-electron chi connectivity index (χ1n) is 11.1. The van der Waals surface area contributed by atoms with Gasteiger partial charge in [-0.1, -0.05) is 12.8 Å². The van der Waals surface area contributed by atoms with E-state index in [1.54, 1.807) is 0 Å². The number of imide groups is 1. The van der Waals surface area contributed by atoms with Crippen LogP contribution in [0.1, 0.15) is 57.8 Å². The average molecular weight is 509 g/mol. The van der Waals surface area contributed by atoms with Crippen molar-refractivity contribution in [3.05, 3.63) is 0 Å². The average Bonchev–Trinajstić information content (AvgIpc) is 3.02. The van der Waals surface area contributed by atoms with Crippen molar-refractivity contribution in [1.29, 1.82) is 0 Å². The van der Waals surface area contributed by atoms with Gasteiger partial charge in [0.2, 0.25) is 23.6 Å². The Labute approximate surface area is 199 Å². The zero-order chi connectivity index (χ0) is 24.6. The first kappa shape index (κ1) is 29.4. The molecule has 0 radical (unpaired) electrons. The van der Waals surface area contributed by atoms with Crippen LogP contribution in [0.3, 0.4) is 0 Å². The third-order valence-electron chi connectivity index (χ3n) is 5.20. The van der Waals surface area contributed by atoms with E-state index in [2.05, 4.69) is 9.84 Å². The Morgan fingerprint density at radius 1 is 1.21 bits per heavy atom. The van der Waals surface area contributed by atoms with E-state index >= 15 is 0 Å². The number of nitrogens with zero attached hydrogens (tertiary/aromatic N) is 1. The van der Waals surface area contributed by atoms with Crippen molar-refractivity contribution in [2.24, 2.45) is 11.7 Å². The number of amides is 4. The van der Waals surface area contributed by atoms with Crippen molar-refractivity contribution in [2.75, 3.05) is 32.1 Å². The first-order chi connectivity index (χ1) is 15.7. The number of hydrogen-bond acceptors (Lipinski definition) is 8. The van der Waals surface area contributed by atoms with Crippen LogP contribution in [0, 0.1) is 5.92 Å². The van der Waals surface area contributed by atoms with Gasteiger partial charge in [-0.3, -0.25) is 24.1 Å². The normalized spacial score (nSPS) is 17.3. The topological polar surface area (TPSA) is 176 Å². The molecule has 1 fully saturated rings. The van der Waals surface area contributed by atoms with E-state index in [0.29, 0.717) is 44.5 Å². The number of carbonyl (C=O) groups is 4. The summed E-state index contributed by atoms with van der Waals surface area (Å²) in [7, 11) is -2.66. The van der Waals surface area contributed by atoms with Crippen molar-refractivity contribution in [1.82, 2.24) is 10.2 Å². The van der Waals surface area contributed by atoms with Gasteiger partial charge in [-0.2, -0.15) is 0 Å².